The predicted octanol–water partition coefficient (Wildman–Crippen LogP) is 3.95. The van der Waals surface area contributed by atoms with E-state index in [1.54, 1.807) is 13.8 Å². The maximum Gasteiger partial charge on any atom is 0.354 e. The van der Waals surface area contributed by atoms with Crippen LogP contribution in [0.5, 0.6) is 0 Å². The van der Waals surface area contributed by atoms with Crippen LogP contribution < -0.4 is 0 Å². The lowest BCUT2D eigenvalue weighted by Crippen LogP contribution is -2.53. The fourth-order valence-corrected chi connectivity index (χ4v) is 4.67. The van der Waals surface area contributed by atoms with Crippen LogP contribution in [0.3, 0.4) is 0 Å². The van der Waals surface area contributed by atoms with E-state index in [1.807, 2.05) is 11.8 Å². The molecule has 0 saturated heterocycles. The van der Waals surface area contributed by atoms with Crippen LogP contribution in [-0.4, -0.2) is 46.7 Å². The van der Waals surface area contributed by atoms with Crippen LogP contribution in [0.4, 0.5) is 0 Å². The van der Waals surface area contributed by atoms with Gasteiger partial charge in [0.15, 0.2) is 5.78 Å². The molecule has 28 heavy (non-hydrogen) atoms. The van der Waals surface area contributed by atoms with Crippen LogP contribution in [0.1, 0.15) is 90.4 Å². The van der Waals surface area contributed by atoms with Crippen LogP contribution in [0.15, 0.2) is 0 Å². The number of rotatable bonds is 6. The third-order valence-electron chi connectivity index (χ3n) is 6.55. The molecule has 2 aliphatic rings. The molecule has 0 spiro atoms. The summed E-state index contributed by atoms with van der Waals surface area (Å²) in [7, 11) is 1.32. The molecule has 0 bridgehead atoms. The number of ether oxygens (including phenoxy) is 1. The fourth-order valence-electron chi connectivity index (χ4n) is 4.67. The number of hydrogen-bond donors (Lipinski definition) is 1. The number of aryl methyl sites for hydroxylation is 1. The van der Waals surface area contributed by atoms with Gasteiger partial charge in [0.1, 0.15) is 5.69 Å². The summed E-state index contributed by atoms with van der Waals surface area (Å²) in [6.07, 6.45) is 8.29. The average Bonchev–Trinajstić information content (AvgIpc) is 2.94. The smallest absolute Gasteiger partial charge is 0.354 e. The lowest BCUT2D eigenvalue weighted by atomic mass is 9.82. The minimum atomic E-state index is -0.533. The number of methoxy groups -OCH3 is 1. The molecule has 2 aliphatic carbocycles. The normalized spacial score (nSPS) is 19.0. The lowest BCUT2D eigenvalue weighted by Gasteiger charge is -2.41. The van der Waals surface area contributed by atoms with Gasteiger partial charge in [0.25, 0.3) is 0 Å². The summed E-state index contributed by atoms with van der Waals surface area (Å²) < 4.78 is 4.81. The highest BCUT2D eigenvalue weighted by molar-refractivity contribution is 6.06. The van der Waals surface area contributed by atoms with E-state index in [2.05, 4.69) is 4.98 Å². The maximum absolute atomic E-state index is 13.5. The SMILES string of the molecule is COC(=O)c1[nH]c(C)c(C(=O)[C@H](C)N(C(=O)C2CCC2)C2CCCCC2)c1C. The van der Waals surface area contributed by atoms with E-state index in [-0.39, 0.29) is 23.7 Å². The van der Waals surface area contributed by atoms with Crippen molar-refractivity contribution in [3.8, 4) is 0 Å². The van der Waals surface area contributed by atoms with Gasteiger partial charge in [0, 0.05) is 23.2 Å². The molecule has 0 aromatic carbocycles. The molecule has 1 aromatic heterocycles. The highest BCUT2D eigenvalue weighted by Gasteiger charge is 2.39. The number of carbonyl (C=O) groups excluding carboxylic acids is 3. The fraction of sp³-hybridized carbons (Fsp3) is 0.682. The number of nitrogens with zero attached hydrogens (tertiary/aromatic N) is 1. The van der Waals surface area contributed by atoms with Gasteiger partial charge in [-0.3, -0.25) is 9.59 Å². The summed E-state index contributed by atoms with van der Waals surface area (Å²) >= 11 is 0. The molecule has 6 nitrogen and oxygen atoms in total. The van der Waals surface area contributed by atoms with E-state index in [1.165, 1.54) is 13.5 Å². The summed E-state index contributed by atoms with van der Waals surface area (Å²) in [4.78, 5) is 43.6. The molecule has 6 heteroatoms. The number of ketones is 1. The second-order valence-electron chi connectivity index (χ2n) is 8.32. The molecule has 1 N–H and O–H groups in total. The zero-order chi connectivity index (χ0) is 20.4. The van der Waals surface area contributed by atoms with E-state index >= 15 is 0 Å². The van der Waals surface area contributed by atoms with Crippen molar-refractivity contribution in [1.29, 1.82) is 0 Å². The molecule has 2 saturated carbocycles. The minimum absolute atomic E-state index is 0.0659. The maximum atomic E-state index is 13.5. The summed E-state index contributed by atoms with van der Waals surface area (Å²) in [5, 5.41) is 0. The molecule has 0 aliphatic heterocycles. The molecule has 154 valence electrons. The molecule has 1 amide bonds. The van der Waals surface area contributed by atoms with Gasteiger partial charge in [0.2, 0.25) is 5.91 Å². The van der Waals surface area contributed by atoms with Crippen molar-refractivity contribution in [2.45, 2.75) is 84.2 Å². The molecule has 3 rings (SSSR count). The van der Waals surface area contributed by atoms with Crippen LogP contribution in [0.2, 0.25) is 0 Å². The summed E-state index contributed by atoms with van der Waals surface area (Å²) in [5.74, 6) is -0.379. The standard InChI is InChI=1S/C22H32N2O4/c1-13-18(14(2)23-19(13)22(27)28-4)20(25)15(3)24(17-11-6-5-7-12-17)21(26)16-9-8-10-16/h15-17,23H,5-12H2,1-4H3/t15-/m0/s1. The number of aromatic amines is 1. The Bertz CT molecular complexity index is 757. The molecule has 1 atom stereocenters. The Kier molecular flexibility index (Phi) is 6.26. The van der Waals surface area contributed by atoms with Crippen LogP contribution in [-0.2, 0) is 9.53 Å². The molecule has 0 radical (unpaired) electrons. The molecule has 1 heterocycles. The van der Waals surface area contributed by atoms with Gasteiger partial charge in [-0.25, -0.2) is 4.79 Å². The van der Waals surface area contributed by atoms with Gasteiger partial charge in [-0.05, 0) is 52.0 Å². The average molecular weight is 389 g/mol. The van der Waals surface area contributed by atoms with Gasteiger partial charge >= 0.3 is 5.97 Å². The van der Waals surface area contributed by atoms with Crippen molar-refractivity contribution < 1.29 is 19.1 Å². The second kappa shape index (κ2) is 8.50. The van der Waals surface area contributed by atoms with Crippen molar-refractivity contribution in [3.05, 3.63) is 22.5 Å². The van der Waals surface area contributed by atoms with Crippen molar-refractivity contribution >= 4 is 17.7 Å². The van der Waals surface area contributed by atoms with Gasteiger partial charge in [-0.1, -0.05) is 25.7 Å². The lowest BCUT2D eigenvalue weighted by molar-refractivity contribution is -0.142. The number of amides is 1. The van der Waals surface area contributed by atoms with Crippen LogP contribution in [0, 0.1) is 19.8 Å². The molecule has 2 fully saturated rings. The van der Waals surface area contributed by atoms with Crippen molar-refractivity contribution in [1.82, 2.24) is 9.88 Å². The van der Waals surface area contributed by atoms with E-state index < -0.39 is 12.0 Å². The first kappa shape index (κ1) is 20.6. The van der Waals surface area contributed by atoms with Gasteiger partial charge < -0.3 is 14.6 Å². The highest BCUT2D eigenvalue weighted by atomic mass is 16.5. The van der Waals surface area contributed by atoms with Gasteiger partial charge in [0.05, 0.1) is 13.2 Å². The molecule has 0 unspecified atom stereocenters. The zero-order valence-corrected chi connectivity index (χ0v) is 17.5. The second-order valence-corrected chi connectivity index (χ2v) is 8.32. The van der Waals surface area contributed by atoms with E-state index in [0.717, 1.165) is 44.9 Å². The Morgan fingerprint density at radius 2 is 1.68 bits per heavy atom. The number of H-pyrrole nitrogens is 1. The predicted molar refractivity (Wildman–Crippen MR) is 106 cm³/mol. The number of esters is 1. The number of hydrogen-bond acceptors (Lipinski definition) is 4. The summed E-state index contributed by atoms with van der Waals surface area (Å²) in [6, 6.07) is -0.393. The largest absolute Gasteiger partial charge is 0.464 e. The Morgan fingerprint density at radius 3 is 2.21 bits per heavy atom. The topological polar surface area (TPSA) is 79.5 Å². The van der Waals surface area contributed by atoms with E-state index in [4.69, 9.17) is 4.74 Å². The third-order valence-corrected chi connectivity index (χ3v) is 6.55. The zero-order valence-electron chi connectivity index (χ0n) is 17.5. The van der Waals surface area contributed by atoms with Crippen molar-refractivity contribution in [2.24, 2.45) is 5.92 Å². The first-order valence-electron chi connectivity index (χ1n) is 10.5. The highest BCUT2D eigenvalue weighted by Crippen LogP contribution is 2.34. The first-order valence-corrected chi connectivity index (χ1v) is 10.5. The van der Waals surface area contributed by atoms with E-state index in [0.29, 0.717) is 22.5 Å². The van der Waals surface area contributed by atoms with Gasteiger partial charge in [-0.15, -0.1) is 0 Å². The molecular formula is C22H32N2O4. The number of Topliss-reactive ketones (excluding diaryl/α,β-unsaturated/α-hetero) is 1. The Morgan fingerprint density at radius 1 is 1.04 bits per heavy atom. The van der Waals surface area contributed by atoms with E-state index in [9.17, 15) is 14.4 Å². The Hall–Kier alpha value is -2.11. The third kappa shape index (κ3) is 3.74. The number of carbonyl (C=O) groups is 3. The summed E-state index contributed by atoms with van der Waals surface area (Å²) in [5.41, 5.74) is 2.07. The summed E-state index contributed by atoms with van der Waals surface area (Å²) in [6.45, 7) is 5.39. The van der Waals surface area contributed by atoms with Crippen molar-refractivity contribution in [2.75, 3.05) is 7.11 Å². The Balaban J connectivity index is 1.90. The molecular weight excluding hydrogens is 356 g/mol. The van der Waals surface area contributed by atoms with Crippen molar-refractivity contribution in [3.63, 3.8) is 0 Å². The first-order chi connectivity index (χ1) is 13.4. The number of nitrogens with one attached hydrogen (secondary N) is 1. The quantitative estimate of drug-likeness (QED) is 0.591. The minimum Gasteiger partial charge on any atom is -0.464 e. The monoisotopic (exact) mass is 388 g/mol. The van der Waals surface area contributed by atoms with Crippen LogP contribution in [0.25, 0.3) is 0 Å². The molecule has 1 aromatic rings. The van der Waals surface area contributed by atoms with Crippen LogP contribution >= 0.6 is 0 Å². The Labute approximate surface area is 167 Å². The number of aromatic nitrogens is 1. The van der Waals surface area contributed by atoms with Gasteiger partial charge in [-0.2, -0.15) is 0 Å².